The van der Waals surface area contributed by atoms with Crippen molar-refractivity contribution in [3.05, 3.63) is 71.8 Å². The molecule has 0 N–H and O–H groups in total. The molecule has 0 spiro atoms. The van der Waals surface area contributed by atoms with E-state index < -0.39 is 22.1 Å². The van der Waals surface area contributed by atoms with Crippen LogP contribution in [0.15, 0.2) is 60.7 Å². The van der Waals surface area contributed by atoms with Gasteiger partial charge in [-0.15, -0.1) is 0 Å². The van der Waals surface area contributed by atoms with Crippen LogP contribution in [0.3, 0.4) is 0 Å². The highest BCUT2D eigenvalue weighted by atomic mass is 32.2. The molecule has 6 nitrogen and oxygen atoms in total. The summed E-state index contributed by atoms with van der Waals surface area (Å²) in [5.41, 5.74) is 1.99. The third-order valence-electron chi connectivity index (χ3n) is 3.81. The first-order valence-electron chi connectivity index (χ1n) is 8.13. The molecule has 0 saturated carbocycles. The van der Waals surface area contributed by atoms with Gasteiger partial charge in [0.15, 0.2) is 0 Å². The van der Waals surface area contributed by atoms with Crippen LogP contribution in [0.4, 0.5) is 0 Å². The van der Waals surface area contributed by atoms with Gasteiger partial charge in [-0.25, -0.2) is 0 Å². The minimum absolute atomic E-state index is 0.300. The summed E-state index contributed by atoms with van der Waals surface area (Å²) in [5, 5.41) is 0. The molecule has 0 heterocycles. The monoisotopic (exact) mass is 377 g/mol. The molecule has 0 aromatic heterocycles. The molecule has 0 bridgehead atoms. The number of rotatable bonds is 9. The SMILES string of the molecule is COC(=O)[C@@H](COS(C)(=O)=O)N(Cc1ccccc1)Cc1ccccc1. The Morgan fingerprint density at radius 2 is 1.42 bits per heavy atom. The number of ether oxygens (including phenoxy) is 1. The number of benzene rings is 2. The van der Waals surface area contributed by atoms with Crippen LogP contribution in [0.1, 0.15) is 11.1 Å². The van der Waals surface area contributed by atoms with E-state index in [2.05, 4.69) is 0 Å². The summed E-state index contributed by atoms with van der Waals surface area (Å²) in [6, 6.07) is 18.4. The van der Waals surface area contributed by atoms with Crippen molar-refractivity contribution in [1.29, 1.82) is 0 Å². The number of carbonyl (C=O) groups excluding carboxylic acids is 1. The molecule has 0 fully saturated rings. The lowest BCUT2D eigenvalue weighted by molar-refractivity contribution is -0.148. The van der Waals surface area contributed by atoms with Gasteiger partial charge in [-0.05, 0) is 11.1 Å². The first kappa shape index (κ1) is 20.1. The first-order chi connectivity index (χ1) is 12.4. The summed E-state index contributed by atoms with van der Waals surface area (Å²) >= 11 is 0. The van der Waals surface area contributed by atoms with Crippen LogP contribution in [-0.2, 0) is 36.9 Å². The van der Waals surface area contributed by atoms with E-state index in [9.17, 15) is 13.2 Å². The van der Waals surface area contributed by atoms with Gasteiger partial charge in [-0.2, -0.15) is 8.42 Å². The number of nitrogens with zero attached hydrogens (tertiary/aromatic N) is 1. The second-order valence-corrected chi connectivity index (χ2v) is 7.55. The van der Waals surface area contributed by atoms with Crippen molar-refractivity contribution in [1.82, 2.24) is 4.90 Å². The Balaban J connectivity index is 2.28. The Bertz CT molecular complexity index is 752. The van der Waals surface area contributed by atoms with Crippen LogP contribution in [-0.4, -0.2) is 45.3 Å². The van der Waals surface area contributed by atoms with Gasteiger partial charge in [0.2, 0.25) is 0 Å². The maximum atomic E-state index is 12.3. The van der Waals surface area contributed by atoms with Gasteiger partial charge in [0.1, 0.15) is 6.04 Å². The van der Waals surface area contributed by atoms with Crippen LogP contribution < -0.4 is 0 Å². The van der Waals surface area contributed by atoms with Gasteiger partial charge in [-0.3, -0.25) is 13.9 Å². The van der Waals surface area contributed by atoms with Crippen LogP contribution >= 0.6 is 0 Å². The molecule has 2 aromatic rings. The van der Waals surface area contributed by atoms with E-state index in [0.717, 1.165) is 17.4 Å². The highest BCUT2D eigenvalue weighted by molar-refractivity contribution is 7.85. The van der Waals surface area contributed by atoms with Crippen molar-refractivity contribution in [3.63, 3.8) is 0 Å². The Morgan fingerprint density at radius 3 is 1.81 bits per heavy atom. The molecule has 0 aliphatic carbocycles. The van der Waals surface area contributed by atoms with Gasteiger partial charge in [0.25, 0.3) is 10.1 Å². The summed E-state index contributed by atoms with van der Waals surface area (Å²) in [5.74, 6) is -0.541. The first-order valence-corrected chi connectivity index (χ1v) is 9.95. The average Bonchev–Trinajstić information content (AvgIpc) is 2.62. The third-order valence-corrected chi connectivity index (χ3v) is 4.38. The number of esters is 1. The second kappa shape index (κ2) is 9.47. The van der Waals surface area contributed by atoms with Gasteiger partial charge in [0.05, 0.1) is 20.0 Å². The van der Waals surface area contributed by atoms with E-state index in [1.54, 1.807) is 0 Å². The molecular weight excluding hydrogens is 354 g/mol. The van der Waals surface area contributed by atoms with Crippen LogP contribution in [0.2, 0.25) is 0 Å². The quantitative estimate of drug-likeness (QED) is 0.493. The maximum absolute atomic E-state index is 12.3. The van der Waals surface area contributed by atoms with Crippen LogP contribution in [0, 0.1) is 0 Å². The van der Waals surface area contributed by atoms with Crippen molar-refractivity contribution in [2.24, 2.45) is 0 Å². The summed E-state index contributed by atoms with van der Waals surface area (Å²) < 4.78 is 32.6. The predicted molar refractivity (Wildman–Crippen MR) is 98.7 cm³/mol. The van der Waals surface area contributed by atoms with Crippen molar-refractivity contribution in [2.45, 2.75) is 19.1 Å². The van der Waals surface area contributed by atoms with E-state index in [-0.39, 0.29) is 6.61 Å². The normalized spacial score (nSPS) is 12.7. The smallest absolute Gasteiger partial charge is 0.325 e. The molecule has 26 heavy (non-hydrogen) atoms. The molecule has 0 unspecified atom stereocenters. The maximum Gasteiger partial charge on any atom is 0.325 e. The molecule has 7 heteroatoms. The number of hydrogen-bond donors (Lipinski definition) is 0. The highest BCUT2D eigenvalue weighted by Gasteiger charge is 2.29. The third kappa shape index (κ3) is 6.59. The minimum Gasteiger partial charge on any atom is -0.468 e. The van der Waals surface area contributed by atoms with E-state index in [4.69, 9.17) is 8.92 Å². The lowest BCUT2D eigenvalue weighted by atomic mass is 10.1. The molecule has 2 aromatic carbocycles. The fourth-order valence-electron chi connectivity index (χ4n) is 2.56. The van der Waals surface area contributed by atoms with Crippen molar-refractivity contribution >= 4 is 16.1 Å². The molecule has 2 rings (SSSR count). The van der Waals surface area contributed by atoms with Gasteiger partial charge in [-0.1, -0.05) is 60.7 Å². The molecule has 1 atom stereocenters. The molecule has 140 valence electrons. The Kier molecular flexibility index (Phi) is 7.32. The van der Waals surface area contributed by atoms with Gasteiger partial charge >= 0.3 is 5.97 Å². The average molecular weight is 377 g/mol. The zero-order valence-electron chi connectivity index (χ0n) is 14.9. The summed E-state index contributed by atoms with van der Waals surface area (Å²) in [6.45, 7) is 0.594. The fraction of sp³-hybridized carbons (Fsp3) is 0.316. The molecule has 0 saturated heterocycles. The van der Waals surface area contributed by atoms with E-state index in [1.165, 1.54) is 7.11 Å². The van der Waals surface area contributed by atoms with Crippen molar-refractivity contribution in [3.8, 4) is 0 Å². The van der Waals surface area contributed by atoms with E-state index >= 15 is 0 Å². The Hall–Kier alpha value is -2.22. The summed E-state index contributed by atoms with van der Waals surface area (Å²) in [4.78, 5) is 14.2. The van der Waals surface area contributed by atoms with Crippen LogP contribution in [0.5, 0.6) is 0 Å². The molecule has 0 aliphatic heterocycles. The highest BCUT2D eigenvalue weighted by Crippen LogP contribution is 2.15. The predicted octanol–water partition coefficient (Wildman–Crippen LogP) is 2.21. The standard InChI is InChI=1S/C19H23NO5S/c1-24-19(21)18(15-25-26(2,22)23)20(13-16-9-5-3-6-10-16)14-17-11-7-4-8-12-17/h3-12,18H,13-15H2,1-2H3/t18-/m1/s1. The van der Waals surface area contributed by atoms with Gasteiger partial charge < -0.3 is 4.74 Å². The zero-order chi connectivity index (χ0) is 19.0. The minimum atomic E-state index is -3.67. The molecule has 0 amide bonds. The lowest BCUT2D eigenvalue weighted by Gasteiger charge is -2.29. The Labute approximate surface area is 154 Å². The molecule has 0 radical (unpaired) electrons. The molecular formula is C19H23NO5S. The largest absolute Gasteiger partial charge is 0.468 e. The van der Waals surface area contributed by atoms with Crippen molar-refractivity contribution in [2.75, 3.05) is 20.0 Å². The number of carbonyl (C=O) groups is 1. The van der Waals surface area contributed by atoms with Crippen LogP contribution in [0.25, 0.3) is 0 Å². The Morgan fingerprint density at radius 1 is 0.962 bits per heavy atom. The fourth-order valence-corrected chi connectivity index (χ4v) is 2.93. The van der Waals surface area contributed by atoms with Crippen molar-refractivity contribution < 1.29 is 22.1 Å². The summed E-state index contributed by atoms with van der Waals surface area (Å²) in [6.07, 6.45) is 0.958. The number of hydrogen-bond acceptors (Lipinski definition) is 6. The molecule has 0 aliphatic rings. The zero-order valence-corrected chi connectivity index (χ0v) is 15.7. The van der Waals surface area contributed by atoms with Gasteiger partial charge in [0, 0.05) is 13.1 Å². The van der Waals surface area contributed by atoms with E-state index in [0.29, 0.717) is 13.1 Å². The topological polar surface area (TPSA) is 72.9 Å². The van der Waals surface area contributed by atoms with E-state index in [1.807, 2.05) is 65.6 Å². The summed E-state index contributed by atoms with van der Waals surface area (Å²) in [7, 11) is -2.40. The second-order valence-electron chi connectivity index (χ2n) is 5.90. The number of methoxy groups -OCH3 is 1. The lowest BCUT2D eigenvalue weighted by Crippen LogP contribution is -2.44.